The van der Waals surface area contributed by atoms with E-state index in [-0.39, 0.29) is 17.6 Å². The molecule has 0 bridgehead atoms. The van der Waals surface area contributed by atoms with Crippen molar-refractivity contribution in [2.24, 2.45) is 0 Å². The first-order valence-corrected chi connectivity index (χ1v) is 5.21. The SMILES string of the molecule is C/C=C/C=C/C1Cc2cc(O)cc(O)c2O1. The Labute approximate surface area is 94.3 Å². The van der Waals surface area contributed by atoms with Crippen molar-refractivity contribution in [1.29, 1.82) is 0 Å². The second-order valence-electron chi connectivity index (χ2n) is 3.72. The Morgan fingerprint density at radius 3 is 2.88 bits per heavy atom. The highest BCUT2D eigenvalue weighted by molar-refractivity contribution is 5.53. The summed E-state index contributed by atoms with van der Waals surface area (Å²) in [6, 6.07) is 2.91. The molecule has 2 rings (SSSR count). The highest BCUT2D eigenvalue weighted by Crippen LogP contribution is 2.40. The van der Waals surface area contributed by atoms with Crippen LogP contribution in [0.3, 0.4) is 0 Å². The molecule has 3 nitrogen and oxygen atoms in total. The summed E-state index contributed by atoms with van der Waals surface area (Å²) in [5.41, 5.74) is 0.840. The molecular weight excluding hydrogens is 204 g/mol. The highest BCUT2D eigenvalue weighted by Gasteiger charge is 2.24. The minimum atomic E-state index is -0.0705. The quantitative estimate of drug-likeness (QED) is 0.750. The van der Waals surface area contributed by atoms with Crippen LogP contribution in [0.5, 0.6) is 17.2 Å². The van der Waals surface area contributed by atoms with Gasteiger partial charge in [-0.1, -0.05) is 18.2 Å². The Morgan fingerprint density at radius 1 is 1.31 bits per heavy atom. The van der Waals surface area contributed by atoms with Crippen molar-refractivity contribution in [3.05, 3.63) is 42.0 Å². The summed E-state index contributed by atoms with van der Waals surface area (Å²) in [6.07, 6.45) is 8.29. The van der Waals surface area contributed by atoms with Gasteiger partial charge in [0, 0.05) is 18.1 Å². The van der Waals surface area contributed by atoms with E-state index < -0.39 is 0 Å². The van der Waals surface area contributed by atoms with E-state index in [0.717, 1.165) is 5.56 Å². The van der Waals surface area contributed by atoms with E-state index in [1.165, 1.54) is 6.07 Å². The van der Waals surface area contributed by atoms with Gasteiger partial charge in [-0.3, -0.25) is 0 Å². The van der Waals surface area contributed by atoms with Crippen molar-refractivity contribution in [3.63, 3.8) is 0 Å². The van der Waals surface area contributed by atoms with Crippen LogP contribution in [0.15, 0.2) is 36.4 Å². The number of fused-ring (bicyclic) bond motifs is 1. The predicted molar refractivity (Wildman–Crippen MR) is 61.8 cm³/mol. The zero-order chi connectivity index (χ0) is 11.5. The van der Waals surface area contributed by atoms with E-state index in [4.69, 9.17) is 4.74 Å². The summed E-state index contributed by atoms with van der Waals surface area (Å²) in [4.78, 5) is 0. The largest absolute Gasteiger partial charge is 0.508 e. The van der Waals surface area contributed by atoms with Crippen molar-refractivity contribution in [2.75, 3.05) is 0 Å². The summed E-state index contributed by atoms with van der Waals surface area (Å²) in [6.45, 7) is 1.94. The molecule has 84 valence electrons. The lowest BCUT2D eigenvalue weighted by atomic mass is 10.1. The maximum Gasteiger partial charge on any atom is 0.165 e. The molecule has 0 aromatic heterocycles. The maximum absolute atomic E-state index is 9.58. The van der Waals surface area contributed by atoms with E-state index in [2.05, 4.69) is 0 Å². The van der Waals surface area contributed by atoms with Gasteiger partial charge in [0.25, 0.3) is 0 Å². The fourth-order valence-corrected chi connectivity index (χ4v) is 1.76. The number of rotatable bonds is 2. The van der Waals surface area contributed by atoms with Crippen molar-refractivity contribution in [1.82, 2.24) is 0 Å². The average molecular weight is 218 g/mol. The maximum atomic E-state index is 9.58. The normalized spacial score (nSPS) is 19.2. The number of aromatic hydroxyl groups is 2. The average Bonchev–Trinajstić information content (AvgIpc) is 2.61. The van der Waals surface area contributed by atoms with Gasteiger partial charge in [0.2, 0.25) is 0 Å². The molecule has 1 unspecified atom stereocenters. The van der Waals surface area contributed by atoms with E-state index in [0.29, 0.717) is 12.2 Å². The zero-order valence-corrected chi connectivity index (χ0v) is 9.05. The second kappa shape index (κ2) is 4.31. The molecule has 1 atom stereocenters. The van der Waals surface area contributed by atoms with E-state index in [1.807, 2.05) is 31.2 Å². The summed E-state index contributed by atoms with van der Waals surface area (Å²) in [5.74, 6) is 0.544. The van der Waals surface area contributed by atoms with Crippen LogP contribution in [0.2, 0.25) is 0 Å². The van der Waals surface area contributed by atoms with E-state index in [9.17, 15) is 10.2 Å². The third kappa shape index (κ3) is 2.03. The number of ether oxygens (including phenoxy) is 1. The van der Waals surface area contributed by atoms with E-state index >= 15 is 0 Å². The monoisotopic (exact) mass is 218 g/mol. The topological polar surface area (TPSA) is 49.7 Å². The minimum absolute atomic E-state index is 0.00284. The summed E-state index contributed by atoms with van der Waals surface area (Å²) in [5, 5.41) is 18.9. The third-order valence-corrected chi connectivity index (χ3v) is 2.45. The number of phenolic OH excluding ortho intramolecular Hbond substituents is 2. The Kier molecular flexibility index (Phi) is 2.86. The van der Waals surface area contributed by atoms with Gasteiger partial charge in [0.15, 0.2) is 11.5 Å². The Hall–Kier alpha value is -1.90. The molecule has 0 fully saturated rings. The van der Waals surface area contributed by atoms with Crippen LogP contribution in [-0.2, 0) is 6.42 Å². The van der Waals surface area contributed by atoms with Crippen LogP contribution < -0.4 is 4.74 Å². The molecule has 1 aromatic rings. The minimum Gasteiger partial charge on any atom is -0.508 e. The van der Waals surface area contributed by atoms with Gasteiger partial charge in [-0.2, -0.15) is 0 Å². The molecule has 16 heavy (non-hydrogen) atoms. The van der Waals surface area contributed by atoms with Gasteiger partial charge in [-0.25, -0.2) is 0 Å². The number of hydrogen-bond donors (Lipinski definition) is 2. The van der Waals surface area contributed by atoms with Crippen LogP contribution in [-0.4, -0.2) is 16.3 Å². The third-order valence-electron chi connectivity index (χ3n) is 2.45. The van der Waals surface area contributed by atoms with Crippen LogP contribution in [0, 0.1) is 0 Å². The summed E-state index contributed by atoms with van der Waals surface area (Å²) < 4.78 is 5.56. The molecule has 0 saturated heterocycles. The van der Waals surface area contributed by atoms with Gasteiger partial charge in [-0.15, -0.1) is 0 Å². The fraction of sp³-hybridized carbons (Fsp3) is 0.231. The standard InChI is InChI=1S/C13H14O3/c1-2-3-4-5-11-7-9-6-10(14)8-12(15)13(9)16-11/h2-6,8,11,14-15H,7H2,1H3/b3-2+,5-4+. The van der Waals surface area contributed by atoms with Crippen LogP contribution in [0.4, 0.5) is 0 Å². The molecule has 0 saturated carbocycles. The molecule has 1 aliphatic rings. The molecule has 0 radical (unpaired) electrons. The smallest absolute Gasteiger partial charge is 0.165 e. The summed E-state index contributed by atoms with van der Waals surface area (Å²) >= 11 is 0. The lowest BCUT2D eigenvalue weighted by Gasteiger charge is -2.05. The van der Waals surface area contributed by atoms with Crippen molar-refractivity contribution >= 4 is 0 Å². The van der Waals surface area contributed by atoms with Gasteiger partial charge in [0.05, 0.1) is 0 Å². The van der Waals surface area contributed by atoms with Gasteiger partial charge < -0.3 is 14.9 Å². The number of phenols is 2. The zero-order valence-electron chi connectivity index (χ0n) is 9.05. The Morgan fingerprint density at radius 2 is 2.12 bits per heavy atom. The Bertz CT molecular complexity index is 447. The fourth-order valence-electron chi connectivity index (χ4n) is 1.76. The molecular formula is C13H14O3. The highest BCUT2D eigenvalue weighted by atomic mass is 16.5. The second-order valence-corrected chi connectivity index (χ2v) is 3.72. The van der Waals surface area contributed by atoms with Crippen molar-refractivity contribution in [2.45, 2.75) is 19.4 Å². The van der Waals surface area contributed by atoms with Crippen LogP contribution in [0.1, 0.15) is 12.5 Å². The number of benzene rings is 1. The molecule has 0 amide bonds. The number of hydrogen-bond acceptors (Lipinski definition) is 3. The van der Waals surface area contributed by atoms with Crippen molar-refractivity contribution < 1.29 is 14.9 Å². The molecule has 1 aliphatic heterocycles. The number of allylic oxidation sites excluding steroid dienone is 3. The van der Waals surface area contributed by atoms with E-state index in [1.54, 1.807) is 6.07 Å². The molecule has 3 heteroatoms. The molecule has 1 heterocycles. The molecule has 2 N–H and O–H groups in total. The van der Waals surface area contributed by atoms with Gasteiger partial charge in [-0.05, 0) is 19.1 Å². The van der Waals surface area contributed by atoms with Gasteiger partial charge in [0.1, 0.15) is 11.9 Å². The first-order valence-electron chi connectivity index (χ1n) is 5.21. The lowest BCUT2D eigenvalue weighted by Crippen LogP contribution is -2.08. The molecule has 0 aliphatic carbocycles. The Balaban J connectivity index is 2.18. The van der Waals surface area contributed by atoms with Gasteiger partial charge >= 0.3 is 0 Å². The van der Waals surface area contributed by atoms with Crippen LogP contribution >= 0.6 is 0 Å². The predicted octanol–water partition coefficient (Wildman–Crippen LogP) is 2.53. The first kappa shape index (κ1) is 10.6. The summed E-state index contributed by atoms with van der Waals surface area (Å²) in [7, 11) is 0. The van der Waals surface area contributed by atoms with Crippen LogP contribution in [0.25, 0.3) is 0 Å². The lowest BCUT2D eigenvalue weighted by molar-refractivity contribution is 0.271. The molecule has 1 aromatic carbocycles. The molecule has 0 spiro atoms. The first-order chi connectivity index (χ1) is 7.70. The van der Waals surface area contributed by atoms with Crippen molar-refractivity contribution in [3.8, 4) is 17.2 Å².